The molecule has 0 radical (unpaired) electrons. The van der Waals surface area contributed by atoms with Gasteiger partial charge in [-0.15, -0.1) is 0 Å². The molecule has 0 aliphatic carbocycles. The van der Waals surface area contributed by atoms with Crippen LogP contribution in [0.15, 0.2) is 30.3 Å². The molecule has 2 unspecified atom stereocenters. The van der Waals surface area contributed by atoms with Gasteiger partial charge < -0.3 is 10.4 Å². The van der Waals surface area contributed by atoms with E-state index in [1.54, 1.807) is 11.8 Å². The van der Waals surface area contributed by atoms with Crippen LogP contribution in [-0.4, -0.2) is 29.8 Å². The van der Waals surface area contributed by atoms with E-state index in [2.05, 4.69) is 36.5 Å². The molecule has 0 aliphatic heterocycles. The van der Waals surface area contributed by atoms with Crippen molar-refractivity contribution in [1.82, 2.24) is 5.32 Å². The van der Waals surface area contributed by atoms with E-state index >= 15 is 0 Å². The Morgan fingerprint density at radius 1 is 1.33 bits per heavy atom. The first-order valence-corrected chi connectivity index (χ1v) is 6.29. The predicted octanol–water partition coefficient (Wildman–Crippen LogP) is 2.06. The maximum atomic E-state index is 8.80. The van der Waals surface area contributed by atoms with E-state index in [0.29, 0.717) is 11.3 Å². The van der Waals surface area contributed by atoms with E-state index in [1.165, 1.54) is 5.56 Å². The molecule has 0 amide bonds. The van der Waals surface area contributed by atoms with Crippen molar-refractivity contribution >= 4 is 11.8 Å². The number of thioether (sulfide) groups is 1. The second kappa shape index (κ2) is 6.88. The SMILES string of the molecule is CNC(c1ccccc1)C(C)SCCO. The molecule has 0 aromatic heterocycles. The quantitative estimate of drug-likeness (QED) is 0.777. The Bertz CT molecular complexity index is 266. The number of aliphatic hydroxyl groups is 1. The molecule has 0 saturated carbocycles. The summed E-state index contributed by atoms with van der Waals surface area (Å²) in [6, 6.07) is 10.8. The van der Waals surface area contributed by atoms with Crippen LogP contribution >= 0.6 is 11.8 Å². The Balaban J connectivity index is 2.63. The van der Waals surface area contributed by atoms with Gasteiger partial charge in [-0.05, 0) is 12.6 Å². The fraction of sp³-hybridized carbons (Fsp3) is 0.500. The van der Waals surface area contributed by atoms with Crippen LogP contribution in [0.4, 0.5) is 0 Å². The smallest absolute Gasteiger partial charge is 0.0521 e. The number of nitrogens with one attached hydrogen (secondary N) is 1. The first kappa shape index (κ1) is 12.6. The Labute approximate surface area is 96.1 Å². The molecule has 2 N–H and O–H groups in total. The summed E-state index contributed by atoms with van der Waals surface area (Å²) >= 11 is 1.79. The molecule has 84 valence electrons. The Morgan fingerprint density at radius 3 is 2.53 bits per heavy atom. The second-order valence-corrected chi connectivity index (χ2v) is 4.96. The standard InChI is InChI=1S/C12H19NOS/c1-10(15-9-8-14)12(13-2)11-6-4-3-5-7-11/h3-7,10,12-14H,8-9H2,1-2H3. The molecule has 0 saturated heterocycles. The molecule has 0 aliphatic rings. The van der Waals surface area contributed by atoms with Gasteiger partial charge in [-0.1, -0.05) is 37.3 Å². The minimum atomic E-state index is 0.250. The molecule has 3 heteroatoms. The number of rotatable bonds is 6. The van der Waals surface area contributed by atoms with Crippen molar-refractivity contribution in [2.45, 2.75) is 18.2 Å². The first-order chi connectivity index (χ1) is 7.29. The first-order valence-electron chi connectivity index (χ1n) is 5.24. The van der Waals surface area contributed by atoms with Crippen LogP contribution in [0.3, 0.4) is 0 Å². The molecule has 1 rings (SSSR count). The van der Waals surface area contributed by atoms with Crippen molar-refractivity contribution in [3.63, 3.8) is 0 Å². The van der Waals surface area contributed by atoms with Gasteiger partial charge in [0.2, 0.25) is 0 Å². The van der Waals surface area contributed by atoms with Crippen molar-refractivity contribution in [3.05, 3.63) is 35.9 Å². The van der Waals surface area contributed by atoms with E-state index in [0.717, 1.165) is 5.75 Å². The minimum Gasteiger partial charge on any atom is -0.396 e. The third kappa shape index (κ3) is 3.86. The molecule has 0 spiro atoms. The van der Waals surface area contributed by atoms with Crippen molar-refractivity contribution in [2.24, 2.45) is 0 Å². The lowest BCUT2D eigenvalue weighted by molar-refractivity contribution is 0.322. The van der Waals surface area contributed by atoms with E-state index in [9.17, 15) is 0 Å². The molecule has 1 aromatic rings. The summed E-state index contributed by atoms with van der Waals surface area (Å²) in [6.45, 7) is 2.44. The Hall–Kier alpha value is -0.510. The van der Waals surface area contributed by atoms with Crippen LogP contribution < -0.4 is 5.32 Å². The van der Waals surface area contributed by atoms with Gasteiger partial charge in [-0.3, -0.25) is 0 Å². The van der Waals surface area contributed by atoms with Gasteiger partial charge in [0.05, 0.1) is 6.61 Å². The predicted molar refractivity (Wildman–Crippen MR) is 67.2 cm³/mol. The summed E-state index contributed by atoms with van der Waals surface area (Å²) in [5.41, 5.74) is 1.30. The van der Waals surface area contributed by atoms with Gasteiger partial charge in [0, 0.05) is 17.0 Å². The topological polar surface area (TPSA) is 32.3 Å². The fourth-order valence-corrected chi connectivity index (χ4v) is 2.63. The van der Waals surface area contributed by atoms with Crippen molar-refractivity contribution in [2.75, 3.05) is 19.4 Å². The molecular formula is C12H19NOS. The largest absolute Gasteiger partial charge is 0.396 e. The van der Waals surface area contributed by atoms with Gasteiger partial charge in [0.1, 0.15) is 0 Å². The Morgan fingerprint density at radius 2 is 2.00 bits per heavy atom. The van der Waals surface area contributed by atoms with Gasteiger partial charge >= 0.3 is 0 Å². The Kier molecular flexibility index (Phi) is 5.76. The van der Waals surface area contributed by atoms with E-state index in [-0.39, 0.29) is 6.61 Å². The maximum Gasteiger partial charge on any atom is 0.0521 e. The summed E-state index contributed by atoms with van der Waals surface area (Å²) in [7, 11) is 1.98. The normalized spacial score (nSPS) is 14.9. The van der Waals surface area contributed by atoms with Gasteiger partial charge in [-0.25, -0.2) is 0 Å². The number of hydrogen-bond donors (Lipinski definition) is 2. The van der Waals surface area contributed by atoms with Gasteiger partial charge in [-0.2, -0.15) is 11.8 Å². The van der Waals surface area contributed by atoms with Crippen LogP contribution in [0.1, 0.15) is 18.5 Å². The van der Waals surface area contributed by atoms with Crippen LogP contribution in [0, 0.1) is 0 Å². The molecule has 15 heavy (non-hydrogen) atoms. The van der Waals surface area contributed by atoms with E-state index < -0.39 is 0 Å². The third-order valence-electron chi connectivity index (χ3n) is 2.41. The average molecular weight is 225 g/mol. The summed E-state index contributed by atoms with van der Waals surface area (Å²) in [4.78, 5) is 0. The van der Waals surface area contributed by atoms with Gasteiger partial charge in [0.15, 0.2) is 0 Å². The second-order valence-electron chi connectivity index (χ2n) is 3.48. The maximum absolute atomic E-state index is 8.80. The zero-order valence-corrected chi connectivity index (χ0v) is 10.1. The lowest BCUT2D eigenvalue weighted by Gasteiger charge is -2.23. The highest BCUT2D eigenvalue weighted by molar-refractivity contribution is 7.99. The van der Waals surface area contributed by atoms with Crippen LogP contribution in [0.25, 0.3) is 0 Å². The van der Waals surface area contributed by atoms with Crippen LogP contribution in [0.2, 0.25) is 0 Å². The molecule has 0 bridgehead atoms. The third-order valence-corrected chi connectivity index (χ3v) is 3.63. The van der Waals surface area contributed by atoms with E-state index in [1.807, 2.05) is 13.1 Å². The fourth-order valence-electron chi connectivity index (χ4n) is 1.67. The lowest BCUT2D eigenvalue weighted by atomic mass is 10.0. The van der Waals surface area contributed by atoms with Crippen molar-refractivity contribution in [1.29, 1.82) is 0 Å². The lowest BCUT2D eigenvalue weighted by Crippen LogP contribution is -2.25. The summed E-state index contributed by atoms with van der Waals surface area (Å²) in [5, 5.41) is 12.6. The molecule has 1 aromatic carbocycles. The van der Waals surface area contributed by atoms with Crippen LogP contribution in [-0.2, 0) is 0 Å². The molecule has 2 nitrogen and oxygen atoms in total. The monoisotopic (exact) mass is 225 g/mol. The molecule has 0 heterocycles. The van der Waals surface area contributed by atoms with Crippen molar-refractivity contribution < 1.29 is 5.11 Å². The van der Waals surface area contributed by atoms with Crippen molar-refractivity contribution in [3.8, 4) is 0 Å². The zero-order chi connectivity index (χ0) is 11.1. The zero-order valence-electron chi connectivity index (χ0n) is 9.31. The number of benzene rings is 1. The minimum absolute atomic E-state index is 0.250. The molecular weight excluding hydrogens is 206 g/mol. The average Bonchev–Trinajstić information content (AvgIpc) is 2.29. The van der Waals surface area contributed by atoms with Gasteiger partial charge in [0.25, 0.3) is 0 Å². The van der Waals surface area contributed by atoms with E-state index in [4.69, 9.17) is 5.11 Å². The molecule has 0 fully saturated rings. The number of aliphatic hydroxyl groups excluding tert-OH is 1. The molecule has 2 atom stereocenters. The highest BCUT2D eigenvalue weighted by Crippen LogP contribution is 2.25. The summed E-state index contributed by atoms with van der Waals surface area (Å²) in [6.07, 6.45) is 0. The van der Waals surface area contributed by atoms with Crippen LogP contribution in [0.5, 0.6) is 0 Å². The highest BCUT2D eigenvalue weighted by atomic mass is 32.2. The summed E-state index contributed by atoms with van der Waals surface area (Å²) < 4.78 is 0. The summed E-state index contributed by atoms with van der Waals surface area (Å²) in [5.74, 6) is 0.798. The highest BCUT2D eigenvalue weighted by Gasteiger charge is 2.16. The number of hydrogen-bond acceptors (Lipinski definition) is 3.